The van der Waals surface area contributed by atoms with E-state index in [0.29, 0.717) is 11.6 Å². The third kappa shape index (κ3) is 1.56. The summed E-state index contributed by atoms with van der Waals surface area (Å²) >= 11 is 0. The number of nitriles is 1. The van der Waals surface area contributed by atoms with E-state index in [1.807, 2.05) is 6.07 Å². The van der Waals surface area contributed by atoms with Gasteiger partial charge in [0.15, 0.2) is 5.82 Å². The van der Waals surface area contributed by atoms with Gasteiger partial charge in [0.05, 0.1) is 18.1 Å². The molecule has 14 heavy (non-hydrogen) atoms. The van der Waals surface area contributed by atoms with Crippen LogP contribution < -0.4 is 0 Å². The van der Waals surface area contributed by atoms with E-state index >= 15 is 0 Å². The van der Waals surface area contributed by atoms with Crippen LogP contribution in [-0.2, 0) is 6.42 Å². The van der Waals surface area contributed by atoms with Crippen molar-refractivity contribution in [1.29, 1.82) is 5.26 Å². The van der Waals surface area contributed by atoms with Gasteiger partial charge in [-0.2, -0.15) is 10.4 Å². The lowest BCUT2D eigenvalue weighted by molar-refractivity contribution is 0.995. The Labute approximate surface area is 79.7 Å². The summed E-state index contributed by atoms with van der Waals surface area (Å²) in [7, 11) is 0. The number of hydrogen-bond donors (Lipinski definition) is 1. The number of rotatable bonds is 2. The fourth-order valence-corrected chi connectivity index (χ4v) is 0.993. The first-order chi connectivity index (χ1) is 6.90. The molecule has 0 aromatic carbocycles. The molecule has 0 atom stereocenters. The van der Waals surface area contributed by atoms with Gasteiger partial charge < -0.3 is 0 Å². The Bertz CT molecular complexity index is 454. The normalized spacial score (nSPS) is 9.64. The Morgan fingerprint density at radius 3 is 2.86 bits per heavy atom. The van der Waals surface area contributed by atoms with Gasteiger partial charge in [-0.05, 0) is 0 Å². The molecule has 2 aromatic heterocycles. The number of nitrogens with zero attached hydrogens (tertiary/aromatic N) is 5. The quantitative estimate of drug-likeness (QED) is 0.729. The maximum Gasteiger partial charge on any atom is 0.184 e. The van der Waals surface area contributed by atoms with Crippen molar-refractivity contribution in [3.63, 3.8) is 0 Å². The van der Waals surface area contributed by atoms with Crippen molar-refractivity contribution < 1.29 is 0 Å². The molecule has 0 saturated heterocycles. The van der Waals surface area contributed by atoms with Crippen LogP contribution >= 0.6 is 0 Å². The van der Waals surface area contributed by atoms with E-state index < -0.39 is 0 Å². The first-order valence-electron chi connectivity index (χ1n) is 3.94. The Hall–Kier alpha value is -2.29. The van der Waals surface area contributed by atoms with Crippen LogP contribution in [0.25, 0.3) is 11.4 Å². The largest absolute Gasteiger partial charge is 0.262 e. The lowest BCUT2D eigenvalue weighted by atomic mass is 10.3. The second-order valence-corrected chi connectivity index (χ2v) is 2.57. The summed E-state index contributed by atoms with van der Waals surface area (Å²) in [6.45, 7) is 0. The van der Waals surface area contributed by atoms with E-state index in [-0.39, 0.29) is 6.42 Å². The Balaban J connectivity index is 2.31. The third-order valence-corrected chi connectivity index (χ3v) is 1.60. The molecule has 68 valence electrons. The fourth-order valence-electron chi connectivity index (χ4n) is 0.993. The van der Waals surface area contributed by atoms with Crippen LogP contribution in [0.3, 0.4) is 0 Å². The predicted molar refractivity (Wildman–Crippen MR) is 46.7 cm³/mol. The van der Waals surface area contributed by atoms with Gasteiger partial charge in [-0.15, -0.1) is 0 Å². The average Bonchev–Trinajstić information content (AvgIpc) is 2.68. The summed E-state index contributed by atoms with van der Waals surface area (Å²) in [6.07, 6.45) is 4.89. The van der Waals surface area contributed by atoms with Crippen molar-refractivity contribution in [3.05, 3.63) is 24.5 Å². The number of nitrogens with one attached hydrogen (secondary N) is 1. The molecule has 0 aliphatic heterocycles. The van der Waals surface area contributed by atoms with Crippen LogP contribution in [0.4, 0.5) is 0 Å². The van der Waals surface area contributed by atoms with E-state index in [4.69, 9.17) is 5.26 Å². The van der Waals surface area contributed by atoms with E-state index in [0.717, 1.165) is 5.56 Å². The zero-order chi connectivity index (χ0) is 9.80. The molecular weight excluding hydrogens is 180 g/mol. The third-order valence-electron chi connectivity index (χ3n) is 1.60. The minimum atomic E-state index is 0.223. The molecular formula is C8H6N6. The molecule has 0 aliphatic carbocycles. The molecule has 0 bridgehead atoms. The van der Waals surface area contributed by atoms with Gasteiger partial charge in [-0.3, -0.25) is 5.10 Å². The number of hydrogen-bond acceptors (Lipinski definition) is 5. The van der Waals surface area contributed by atoms with Gasteiger partial charge in [-0.1, -0.05) is 0 Å². The van der Waals surface area contributed by atoms with Gasteiger partial charge in [0.2, 0.25) is 0 Å². The Kier molecular flexibility index (Phi) is 2.15. The van der Waals surface area contributed by atoms with Crippen LogP contribution in [0, 0.1) is 11.3 Å². The number of H-pyrrole nitrogens is 1. The van der Waals surface area contributed by atoms with Crippen molar-refractivity contribution in [3.8, 4) is 17.5 Å². The Morgan fingerprint density at radius 1 is 1.36 bits per heavy atom. The molecule has 6 nitrogen and oxygen atoms in total. The summed E-state index contributed by atoms with van der Waals surface area (Å²) in [4.78, 5) is 11.8. The molecule has 0 amide bonds. The Morgan fingerprint density at radius 2 is 2.14 bits per heavy atom. The molecule has 0 spiro atoms. The van der Waals surface area contributed by atoms with Gasteiger partial charge in [-0.25, -0.2) is 15.0 Å². The molecule has 0 fully saturated rings. The van der Waals surface area contributed by atoms with Crippen LogP contribution in [-0.4, -0.2) is 25.1 Å². The van der Waals surface area contributed by atoms with Crippen molar-refractivity contribution in [2.24, 2.45) is 0 Å². The van der Waals surface area contributed by atoms with Crippen molar-refractivity contribution in [2.45, 2.75) is 6.42 Å². The van der Waals surface area contributed by atoms with Gasteiger partial charge in [0.1, 0.15) is 12.2 Å². The lowest BCUT2D eigenvalue weighted by Crippen LogP contribution is -1.85. The van der Waals surface area contributed by atoms with Crippen LogP contribution in [0.5, 0.6) is 0 Å². The number of aromatic nitrogens is 5. The highest BCUT2D eigenvalue weighted by atomic mass is 15.2. The highest BCUT2D eigenvalue weighted by Crippen LogP contribution is 2.10. The number of aromatic amines is 1. The molecule has 0 radical (unpaired) electrons. The van der Waals surface area contributed by atoms with Gasteiger partial charge in [0, 0.05) is 12.4 Å². The smallest absolute Gasteiger partial charge is 0.184 e. The maximum atomic E-state index is 8.44. The van der Waals surface area contributed by atoms with Gasteiger partial charge >= 0.3 is 0 Å². The topological polar surface area (TPSA) is 91.1 Å². The molecule has 0 aliphatic rings. The van der Waals surface area contributed by atoms with E-state index in [2.05, 4.69) is 25.1 Å². The zero-order valence-electron chi connectivity index (χ0n) is 7.18. The first kappa shape index (κ1) is 8.31. The lowest BCUT2D eigenvalue weighted by Gasteiger charge is -1.89. The fraction of sp³-hybridized carbons (Fsp3) is 0.125. The highest BCUT2D eigenvalue weighted by Gasteiger charge is 2.04. The summed E-state index contributed by atoms with van der Waals surface area (Å²) in [5, 5.41) is 15.0. The second-order valence-electron chi connectivity index (χ2n) is 2.57. The SMILES string of the molecule is N#CCc1nc(-c2cncnc2)n[nH]1. The molecule has 0 saturated carbocycles. The molecule has 2 rings (SSSR count). The maximum absolute atomic E-state index is 8.44. The van der Waals surface area contributed by atoms with E-state index in [9.17, 15) is 0 Å². The molecule has 2 heterocycles. The minimum Gasteiger partial charge on any atom is -0.262 e. The summed E-state index contributed by atoms with van der Waals surface area (Å²) in [6, 6.07) is 1.98. The second kappa shape index (κ2) is 3.62. The van der Waals surface area contributed by atoms with Crippen molar-refractivity contribution >= 4 is 0 Å². The summed E-state index contributed by atoms with van der Waals surface area (Å²) in [5.41, 5.74) is 0.730. The zero-order valence-corrected chi connectivity index (χ0v) is 7.18. The molecule has 6 heteroatoms. The van der Waals surface area contributed by atoms with Crippen LogP contribution in [0.2, 0.25) is 0 Å². The first-order valence-corrected chi connectivity index (χ1v) is 3.94. The molecule has 1 N–H and O–H groups in total. The van der Waals surface area contributed by atoms with Crippen LogP contribution in [0.15, 0.2) is 18.7 Å². The van der Waals surface area contributed by atoms with Crippen molar-refractivity contribution in [2.75, 3.05) is 0 Å². The molecule has 2 aromatic rings. The van der Waals surface area contributed by atoms with Gasteiger partial charge in [0.25, 0.3) is 0 Å². The minimum absolute atomic E-state index is 0.223. The van der Waals surface area contributed by atoms with E-state index in [1.165, 1.54) is 6.33 Å². The monoisotopic (exact) mass is 186 g/mol. The predicted octanol–water partition coefficient (Wildman–Crippen LogP) is 0.328. The average molecular weight is 186 g/mol. The molecule has 0 unspecified atom stereocenters. The van der Waals surface area contributed by atoms with Crippen molar-refractivity contribution in [1.82, 2.24) is 25.1 Å². The highest BCUT2D eigenvalue weighted by molar-refractivity contribution is 5.50. The van der Waals surface area contributed by atoms with Crippen LogP contribution in [0.1, 0.15) is 5.82 Å². The summed E-state index contributed by atoms with van der Waals surface area (Å²) in [5.74, 6) is 1.06. The van der Waals surface area contributed by atoms with E-state index in [1.54, 1.807) is 12.4 Å². The summed E-state index contributed by atoms with van der Waals surface area (Å²) < 4.78 is 0. The standard InChI is InChI=1S/C8H6N6/c9-2-1-7-12-8(14-13-7)6-3-10-5-11-4-6/h3-5H,1H2,(H,12,13,14).